The minimum Gasteiger partial charge on any atom is -0.497 e. The van der Waals surface area contributed by atoms with Crippen molar-refractivity contribution in [1.29, 1.82) is 0 Å². The molecule has 0 atom stereocenters. The van der Waals surface area contributed by atoms with Crippen LogP contribution in [0.1, 0.15) is 15.9 Å². The average molecular weight is 210 g/mol. The lowest BCUT2D eigenvalue weighted by Crippen LogP contribution is -2.07. The maximum absolute atomic E-state index is 11.4. The highest BCUT2D eigenvalue weighted by Gasteiger charge is 2.11. The molecule has 4 heteroatoms. The molecule has 0 fully saturated rings. The van der Waals surface area contributed by atoms with Gasteiger partial charge in [-0.1, -0.05) is 0 Å². The molecule has 0 saturated carbocycles. The molecule has 0 bridgehead atoms. The highest BCUT2D eigenvalue weighted by Crippen LogP contribution is 2.18. The summed E-state index contributed by atoms with van der Waals surface area (Å²) in [4.78, 5) is 11.4. The van der Waals surface area contributed by atoms with Crippen LogP contribution in [-0.2, 0) is 11.2 Å². The number of rotatable bonds is 4. The van der Waals surface area contributed by atoms with E-state index in [9.17, 15) is 4.79 Å². The van der Waals surface area contributed by atoms with E-state index >= 15 is 0 Å². The molecule has 1 aromatic rings. The van der Waals surface area contributed by atoms with Crippen molar-refractivity contribution in [3.05, 3.63) is 29.3 Å². The fourth-order valence-corrected chi connectivity index (χ4v) is 1.33. The molecule has 0 aliphatic carbocycles. The average Bonchev–Trinajstić information content (AvgIpc) is 2.28. The second kappa shape index (κ2) is 5.36. The normalized spacial score (nSPS) is 9.80. The summed E-state index contributed by atoms with van der Waals surface area (Å²) in [6, 6.07) is 5.05. The number of esters is 1. The van der Waals surface area contributed by atoms with E-state index in [4.69, 9.17) is 9.84 Å². The van der Waals surface area contributed by atoms with Crippen LogP contribution in [0.25, 0.3) is 0 Å². The Kier molecular flexibility index (Phi) is 4.12. The van der Waals surface area contributed by atoms with Crippen LogP contribution >= 0.6 is 0 Å². The van der Waals surface area contributed by atoms with Crippen LogP contribution in [0.15, 0.2) is 18.2 Å². The van der Waals surface area contributed by atoms with Crippen LogP contribution in [0.3, 0.4) is 0 Å². The molecule has 0 radical (unpaired) electrons. The molecular formula is C11H14O4. The Labute approximate surface area is 88.4 Å². The third kappa shape index (κ3) is 2.70. The second-order valence-electron chi connectivity index (χ2n) is 2.99. The number of aliphatic hydroxyl groups is 1. The van der Waals surface area contributed by atoms with Crippen molar-refractivity contribution in [2.24, 2.45) is 0 Å². The fourth-order valence-electron chi connectivity index (χ4n) is 1.33. The monoisotopic (exact) mass is 210 g/mol. The number of carbonyl (C=O) groups excluding carboxylic acids is 1. The van der Waals surface area contributed by atoms with Gasteiger partial charge in [0.05, 0.1) is 19.8 Å². The summed E-state index contributed by atoms with van der Waals surface area (Å²) in [5, 5.41) is 8.87. The Bertz CT molecular complexity index is 346. The number of hydrogen-bond acceptors (Lipinski definition) is 4. The first-order valence-electron chi connectivity index (χ1n) is 4.59. The number of ether oxygens (including phenoxy) is 2. The summed E-state index contributed by atoms with van der Waals surface area (Å²) in [6.07, 6.45) is 0.404. The van der Waals surface area contributed by atoms with Crippen molar-refractivity contribution < 1.29 is 19.4 Å². The van der Waals surface area contributed by atoms with E-state index in [0.29, 0.717) is 17.7 Å². The Hall–Kier alpha value is -1.55. The van der Waals surface area contributed by atoms with Gasteiger partial charge in [0.25, 0.3) is 0 Å². The van der Waals surface area contributed by atoms with Gasteiger partial charge in [0.2, 0.25) is 0 Å². The first kappa shape index (κ1) is 11.5. The molecule has 15 heavy (non-hydrogen) atoms. The van der Waals surface area contributed by atoms with Crippen LogP contribution in [0, 0.1) is 0 Å². The number of hydrogen-bond donors (Lipinski definition) is 1. The molecule has 0 saturated heterocycles. The lowest BCUT2D eigenvalue weighted by atomic mass is 10.0. The van der Waals surface area contributed by atoms with Crippen molar-refractivity contribution in [2.45, 2.75) is 6.42 Å². The predicted octanol–water partition coefficient (Wildman–Crippen LogP) is 1.02. The van der Waals surface area contributed by atoms with Crippen LogP contribution in [0.5, 0.6) is 5.75 Å². The molecule has 0 aromatic heterocycles. The molecule has 0 amide bonds. The van der Waals surface area contributed by atoms with Crippen molar-refractivity contribution in [3.63, 3.8) is 0 Å². The third-order valence-corrected chi connectivity index (χ3v) is 2.10. The molecule has 82 valence electrons. The lowest BCUT2D eigenvalue weighted by Gasteiger charge is -2.08. The number of methoxy groups -OCH3 is 2. The molecule has 0 heterocycles. The summed E-state index contributed by atoms with van der Waals surface area (Å²) in [5.74, 6) is 0.257. The van der Waals surface area contributed by atoms with Gasteiger partial charge in [0.1, 0.15) is 5.75 Å². The quantitative estimate of drug-likeness (QED) is 0.754. The van der Waals surface area contributed by atoms with E-state index < -0.39 is 5.97 Å². The van der Waals surface area contributed by atoms with Gasteiger partial charge >= 0.3 is 5.97 Å². The van der Waals surface area contributed by atoms with Crippen molar-refractivity contribution in [3.8, 4) is 5.75 Å². The maximum atomic E-state index is 11.4. The van der Waals surface area contributed by atoms with E-state index in [1.807, 2.05) is 0 Å². The summed E-state index contributed by atoms with van der Waals surface area (Å²) in [7, 11) is 2.88. The van der Waals surface area contributed by atoms with Crippen LogP contribution < -0.4 is 4.74 Å². The van der Waals surface area contributed by atoms with Gasteiger partial charge in [-0.2, -0.15) is 0 Å². The second-order valence-corrected chi connectivity index (χ2v) is 2.99. The van der Waals surface area contributed by atoms with Gasteiger partial charge in [-0.25, -0.2) is 4.79 Å². The van der Waals surface area contributed by atoms with Gasteiger partial charge in [-0.3, -0.25) is 0 Å². The molecule has 1 aromatic carbocycles. The van der Waals surface area contributed by atoms with Crippen molar-refractivity contribution in [1.82, 2.24) is 0 Å². The zero-order valence-electron chi connectivity index (χ0n) is 8.82. The maximum Gasteiger partial charge on any atom is 0.338 e. The van der Waals surface area contributed by atoms with E-state index in [2.05, 4.69) is 4.74 Å². The Morgan fingerprint density at radius 2 is 2.13 bits per heavy atom. The number of benzene rings is 1. The molecule has 1 rings (SSSR count). The third-order valence-electron chi connectivity index (χ3n) is 2.10. The SMILES string of the molecule is COC(=O)c1ccc(OC)cc1CCO. The smallest absolute Gasteiger partial charge is 0.338 e. The van der Waals surface area contributed by atoms with Crippen LogP contribution in [0.2, 0.25) is 0 Å². The van der Waals surface area contributed by atoms with Gasteiger partial charge in [0, 0.05) is 6.61 Å². The first-order valence-corrected chi connectivity index (χ1v) is 4.59. The van der Waals surface area contributed by atoms with E-state index in [1.165, 1.54) is 7.11 Å². The summed E-state index contributed by atoms with van der Waals surface area (Å²) < 4.78 is 9.67. The van der Waals surface area contributed by atoms with Gasteiger partial charge < -0.3 is 14.6 Å². The Morgan fingerprint density at radius 1 is 1.40 bits per heavy atom. The van der Waals surface area contributed by atoms with Gasteiger partial charge in [0.15, 0.2) is 0 Å². The molecule has 0 spiro atoms. The van der Waals surface area contributed by atoms with E-state index in [0.717, 1.165) is 5.56 Å². The molecular weight excluding hydrogens is 196 g/mol. The number of carbonyl (C=O) groups is 1. The fraction of sp³-hybridized carbons (Fsp3) is 0.364. The number of aliphatic hydroxyl groups excluding tert-OH is 1. The summed E-state index contributed by atoms with van der Waals surface area (Å²) >= 11 is 0. The molecule has 0 aliphatic heterocycles. The summed E-state index contributed by atoms with van der Waals surface area (Å²) in [6.45, 7) is -0.0167. The standard InChI is InChI=1S/C11H14O4/c1-14-9-3-4-10(11(13)15-2)8(7-9)5-6-12/h3-4,7,12H,5-6H2,1-2H3. The zero-order valence-corrected chi connectivity index (χ0v) is 8.82. The van der Waals surface area contributed by atoms with Crippen molar-refractivity contribution >= 4 is 5.97 Å². The minimum atomic E-state index is -0.402. The topological polar surface area (TPSA) is 55.8 Å². The first-order chi connectivity index (χ1) is 7.22. The van der Waals surface area contributed by atoms with Crippen LogP contribution in [0.4, 0.5) is 0 Å². The Balaban J connectivity index is 3.08. The highest BCUT2D eigenvalue weighted by atomic mass is 16.5. The van der Waals surface area contributed by atoms with E-state index in [1.54, 1.807) is 25.3 Å². The predicted molar refractivity (Wildman–Crippen MR) is 55.1 cm³/mol. The van der Waals surface area contributed by atoms with Crippen LogP contribution in [-0.4, -0.2) is 31.9 Å². The summed E-state index contributed by atoms with van der Waals surface area (Å²) in [5.41, 5.74) is 1.19. The molecule has 4 nitrogen and oxygen atoms in total. The largest absolute Gasteiger partial charge is 0.497 e. The van der Waals surface area contributed by atoms with Crippen molar-refractivity contribution in [2.75, 3.05) is 20.8 Å². The minimum absolute atomic E-state index is 0.0167. The molecule has 0 aliphatic rings. The Morgan fingerprint density at radius 3 is 2.67 bits per heavy atom. The molecule has 0 unspecified atom stereocenters. The van der Waals surface area contributed by atoms with Gasteiger partial charge in [-0.05, 0) is 30.2 Å². The highest BCUT2D eigenvalue weighted by molar-refractivity contribution is 5.91. The zero-order chi connectivity index (χ0) is 11.3. The van der Waals surface area contributed by atoms with Gasteiger partial charge in [-0.15, -0.1) is 0 Å². The van der Waals surface area contributed by atoms with E-state index in [-0.39, 0.29) is 6.61 Å². The molecule has 1 N–H and O–H groups in total. The lowest BCUT2D eigenvalue weighted by molar-refractivity contribution is 0.0599.